The fraction of sp³-hybridized carbons (Fsp3) is 0.226. The van der Waals surface area contributed by atoms with Crippen LogP contribution in [0.25, 0.3) is 11.5 Å². The van der Waals surface area contributed by atoms with Gasteiger partial charge in [0.05, 0.1) is 42.5 Å². The molecule has 1 atom stereocenters. The van der Waals surface area contributed by atoms with Gasteiger partial charge < -0.3 is 19.2 Å². The van der Waals surface area contributed by atoms with E-state index in [4.69, 9.17) is 9.52 Å². The summed E-state index contributed by atoms with van der Waals surface area (Å²) in [6.45, 7) is 7.12. The topological polar surface area (TPSA) is 68.2 Å². The fourth-order valence-corrected chi connectivity index (χ4v) is 5.24. The van der Waals surface area contributed by atoms with Gasteiger partial charge >= 0.3 is 6.03 Å². The van der Waals surface area contributed by atoms with Gasteiger partial charge in [0, 0.05) is 11.8 Å². The van der Waals surface area contributed by atoms with Gasteiger partial charge in [0.2, 0.25) is 0 Å². The van der Waals surface area contributed by atoms with Gasteiger partial charge in [-0.15, -0.1) is 0 Å². The van der Waals surface area contributed by atoms with Crippen molar-refractivity contribution in [3.63, 3.8) is 0 Å². The summed E-state index contributed by atoms with van der Waals surface area (Å²) in [6.07, 6.45) is 3.68. The molecule has 2 aromatic carbocycles. The molecule has 5 aromatic rings. The van der Waals surface area contributed by atoms with Crippen LogP contribution in [0.5, 0.6) is 0 Å². The number of para-hydroxylation sites is 1. The molecular formula is C31H31N5O2. The van der Waals surface area contributed by atoms with Crippen molar-refractivity contribution in [3.8, 4) is 11.5 Å². The first-order chi connectivity index (χ1) is 18.5. The third kappa shape index (κ3) is 4.20. The number of nitrogens with one attached hydrogen (secondary N) is 1. The lowest BCUT2D eigenvalue weighted by Crippen LogP contribution is -2.41. The zero-order valence-electron chi connectivity index (χ0n) is 21.8. The summed E-state index contributed by atoms with van der Waals surface area (Å²) >= 11 is 0. The van der Waals surface area contributed by atoms with Gasteiger partial charge in [-0.1, -0.05) is 56.3 Å². The predicted octanol–water partition coefficient (Wildman–Crippen LogP) is 6.50. The molecule has 0 saturated carbocycles. The molecule has 38 heavy (non-hydrogen) atoms. The zero-order valence-corrected chi connectivity index (χ0v) is 21.8. The van der Waals surface area contributed by atoms with E-state index in [1.165, 1.54) is 5.56 Å². The molecule has 0 fully saturated rings. The normalized spacial score (nSPS) is 14.7. The number of hydrogen-bond acceptors (Lipinski definition) is 3. The lowest BCUT2D eigenvalue weighted by Gasteiger charge is -2.31. The van der Waals surface area contributed by atoms with Crippen molar-refractivity contribution in [2.45, 2.75) is 45.8 Å². The molecule has 1 aliphatic heterocycles. The number of aromatic nitrogens is 3. The van der Waals surface area contributed by atoms with E-state index in [2.05, 4.69) is 72.4 Å². The van der Waals surface area contributed by atoms with Gasteiger partial charge in [-0.2, -0.15) is 5.10 Å². The molecular weight excluding hydrogens is 474 g/mol. The Morgan fingerprint density at radius 3 is 2.53 bits per heavy atom. The second kappa shape index (κ2) is 9.74. The molecule has 0 radical (unpaired) electrons. The van der Waals surface area contributed by atoms with Crippen molar-refractivity contribution < 1.29 is 9.21 Å². The summed E-state index contributed by atoms with van der Waals surface area (Å²) in [5.41, 5.74) is 6.22. The van der Waals surface area contributed by atoms with E-state index < -0.39 is 0 Å². The minimum atomic E-state index is -0.293. The number of carbonyl (C=O) groups excluding carboxylic acids is 1. The highest BCUT2D eigenvalue weighted by atomic mass is 16.3. The van der Waals surface area contributed by atoms with Crippen LogP contribution in [0.4, 0.5) is 4.79 Å². The van der Waals surface area contributed by atoms with Crippen molar-refractivity contribution >= 4 is 6.03 Å². The summed E-state index contributed by atoms with van der Waals surface area (Å²) in [5, 5.41) is 7.99. The quantitative estimate of drug-likeness (QED) is 0.296. The molecule has 3 aromatic heterocycles. The number of amides is 2. The lowest BCUT2D eigenvalue weighted by molar-refractivity contribution is 0.179. The summed E-state index contributed by atoms with van der Waals surface area (Å²) in [6, 6.07) is 26.1. The number of carbonyl (C=O) groups is 1. The van der Waals surface area contributed by atoms with E-state index >= 15 is 0 Å². The number of rotatable bonds is 5. The smallest absolute Gasteiger partial charge is 0.318 e. The van der Waals surface area contributed by atoms with Crippen LogP contribution in [0.2, 0.25) is 0 Å². The molecule has 6 rings (SSSR count). The van der Waals surface area contributed by atoms with Crippen LogP contribution >= 0.6 is 0 Å². The average Bonchev–Trinajstić information content (AvgIpc) is 3.67. The molecule has 1 N–H and O–H groups in total. The molecule has 1 aliphatic rings. The van der Waals surface area contributed by atoms with E-state index in [9.17, 15) is 4.79 Å². The van der Waals surface area contributed by atoms with E-state index in [1.54, 1.807) is 6.26 Å². The summed E-state index contributed by atoms with van der Waals surface area (Å²) in [7, 11) is 0. The highest BCUT2D eigenvalue weighted by Crippen LogP contribution is 2.38. The lowest BCUT2D eigenvalue weighted by atomic mass is 9.97. The first-order valence-corrected chi connectivity index (χ1v) is 13.0. The van der Waals surface area contributed by atoms with Gasteiger partial charge in [-0.05, 0) is 60.4 Å². The van der Waals surface area contributed by atoms with Crippen LogP contribution in [0.15, 0.2) is 95.7 Å². The molecule has 2 amide bonds. The van der Waals surface area contributed by atoms with Gasteiger partial charge in [-0.25, -0.2) is 9.48 Å². The second-order valence-corrected chi connectivity index (χ2v) is 10.0. The molecule has 192 valence electrons. The monoisotopic (exact) mass is 505 g/mol. The number of hydrogen-bond donors (Lipinski definition) is 1. The van der Waals surface area contributed by atoms with Crippen molar-refractivity contribution in [2.75, 3.05) is 0 Å². The Balaban J connectivity index is 1.49. The van der Waals surface area contributed by atoms with E-state index in [1.807, 2.05) is 52.9 Å². The maximum absolute atomic E-state index is 13.9. The molecule has 7 nitrogen and oxygen atoms in total. The minimum Gasteiger partial charge on any atom is -0.467 e. The van der Waals surface area contributed by atoms with Crippen molar-refractivity contribution in [3.05, 3.63) is 125 Å². The Morgan fingerprint density at radius 2 is 1.82 bits per heavy atom. The first-order valence-electron chi connectivity index (χ1n) is 13.0. The van der Waals surface area contributed by atoms with Crippen molar-refractivity contribution in [2.24, 2.45) is 0 Å². The van der Waals surface area contributed by atoms with Crippen LogP contribution in [0, 0.1) is 6.92 Å². The zero-order chi connectivity index (χ0) is 26.2. The molecule has 0 unspecified atom stereocenters. The van der Waals surface area contributed by atoms with Crippen LogP contribution in [-0.4, -0.2) is 25.3 Å². The Kier molecular flexibility index (Phi) is 6.12. The third-order valence-corrected chi connectivity index (χ3v) is 7.26. The molecule has 7 heteroatoms. The summed E-state index contributed by atoms with van der Waals surface area (Å²) in [4.78, 5) is 15.8. The molecule has 0 aliphatic carbocycles. The molecule has 0 saturated heterocycles. The van der Waals surface area contributed by atoms with Crippen molar-refractivity contribution in [1.29, 1.82) is 0 Å². The Hall–Kier alpha value is -4.52. The molecule has 4 heterocycles. The van der Waals surface area contributed by atoms with Gasteiger partial charge in [0.1, 0.15) is 11.6 Å². The standard InChI is InChI=1S/C31H31N5O2/c1-21(2)23-13-15-24(16-14-23)29-28-12-7-17-34(28)30-27(22(3)33-36(30)25-9-5-4-6-10-25)20-35(29)31(37)32-19-26-11-8-18-38-26/h4-18,21,29H,19-20H2,1-3H3,(H,32,37)/t29-/m1/s1. The Bertz CT molecular complexity index is 1550. The highest BCUT2D eigenvalue weighted by Gasteiger charge is 2.36. The van der Waals surface area contributed by atoms with E-state index in [-0.39, 0.29) is 12.1 Å². The largest absolute Gasteiger partial charge is 0.467 e. The number of nitrogens with zero attached hydrogens (tertiary/aromatic N) is 4. The Morgan fingerprint density at radius 1 is 1.03 bits per heavy atom. The highest BCUT2D eigenvalue weighted by molar-refractivity contribution is 5.76. The van der Waals surface area contributed by atoms with E-state index in [0.717, 1.165) is 34.0 Å². The van der Waals surface area contributed by atoms with Gasteiger partial charge in [0.25, 0.3) is 0 Å². The van der Waals surface area contributed by atoms with Crippen LogP contribution in [0.3, 0.4) is 0 Å². The number of furan rings is 1. The Labute approximate surface area is 222 Å². The number of fused-ring (bicyclic) bond motifs is 3. The number of urea groups is 1. The van der Waals surface area contributed by atoms with Crippen LogP contribution in [-0.2, 0) is 13.1 Å². The molecule has 0 spiro atoms. The summed E-state index contributed by atoms with van der Waals surface area (Å²) < 4.78 is 9.63. The van der Waals surface area contributed by atoms with E-state index in [0.29, 0.717) is 24.8 Å². The van der Waals surface area contributed by atoms with Crippen molar-refractivity contribution in [1.82, 2.24) is 24.6 Å². The van der Waals surface area contributed by atoms with Gasteiger partial charge in [0.15, 0.2) is 0 Å². The van der Waals surface area contributed by atoms with Gasteiger partial charge in [-0.3, -0.25) is 0 Å². The van der Waals surface area contributed by atoms with Crippen LogP contribution in [0.1, 0.15) is 59.6 Å². The minimum absolute atomic E-state index is 0.160. The predicted molar refractivity (Wildman–Crippen MR) is 146 cm³/mol. The maximum atomic E-state index is 13.9. The average molecular weight is 506 g/mol. The number of benzene rings is 2. The third-order valence-electron chi connectivity index (χ3n) is 7.26. The second-order valence-electron chi connectivity index (χ2n) is 10.0. The molecule has 0 bridgehead atoms. The SMILES string of the molecule is Cc1nn(-c2ccccc2)c2c1CN(C(=O)NCc1ccco1)[C@H](c1ccc(C(C)C)cc1)c1cccn1-2. The first kappa shape index (κ1) is 23.9. The maximum Gasteiger partial charge on any atom is 0.318 e. The van der Waals surface area contributed by atoms with Crippen LogP contribution < -0.4 is 5.32 Å². The fourth-order valence-electron chi connectivity index (χ4n) is 5.24. The number of aryl methyl sites for hydroxylation is 1. The summed E-state index contributed by atoms with van der Waals surface area (Å²) in [5.74, 6) is 2.10.